The van der Waals surface area contributed by atoms with Gasteiger partial charge in [0.25, 0.3) is 5.91 Å². The lowest BCUT2D eigenvalue weighted by molar-refractivity contribution is 0.0755. The highest BCUT2D eigenvalue weighted by molar-refractivity contribution is 5.94. The summed E-state index contributed by atoms with van der Waals surface area (Å²) in [4.78, 5) is 12.5. The van der Waals surface area contributed by atoms with Gasteiger partial charge in [-0.05, 0) is 37.0 Å². The first-order valence-corrected chi connectivity index (χ1v) is 8.46. The number of benzene rings is 1. The number of nitrogens with one attached hydrogen (secondary N) is 2. The summed E-state index contributed by atoms with van der Waals surface area (Å²) in [6.45, 7) is 6.88. The first-order chi connectivity index (χ1) is 10.9. The highest BCUT2D eigenvalue weighted by atomic mass is 16.2. The van der Waals surface area contributed by atoms with Gasteiger partial charge in [0.15, 0.2) is 0 Å². The molecule has 1 saturated heterocycles. The minimum absolute atomic E-state index is 0.0197. The molecule has 2 N–H and O–H groups in total. The summed E-state index contributed by atoms with van der Waals surface area (Å²) in [5, 5.41) is 12.6. The van der Waals surface area contributed by atoms with Crippen molar-refractivity contribution < 1.29 is 4.79 Å². The number of piperidine rings is 1. The fraction of sp³-hybridized carbons (Fsp3) is 0.556. The van der Waals surface area contributed by atoms with Crippen LogP contribution in [0.5, 0.6) is 0 Å². The Bertz CT molecular complexity index is 738. The van der Waals surface area contributed by atoms with Crippen LogP contribution < -0.4 is 10.6 Å². The van der Waals surface area contributed by atoms with E-state index in [4.69, 9.17) is 0 Å². The van der Waals surface area contributed by atoms with Crippen molar-refractivity contribution in [2.75, 3.05) is 11.9 Å². The molecule has 3 atom stereocenters. The second kappa shape index (κ2) is 5.06. The van der Waals surface area contributed by atoms with Gasteiger partial charge in [-0.1, -0.05) is 20.8 Å². The van der Waals surface area contributed by atoms with Crippen molar-refractivity contribution in [3.63, 3.8) is 0 Å². The summed E-state index contributed by atoms with van der Waals surface area (Å²) in [5.41, 5.74) is 1.55. The third kappa shape index (κ3) is 2.43. The van der Waals surface area contributed by atoms with Crippen LogP contribution in [0.1, 0.15) is 38.4 Å². The van der Waals surface area contributed by atoms with Crippen LogP contribution in [0.25, 0.3) is 10.9 Å². The Morgan fingerprint density at radius 1 is 1.35 bits per heavy atom. The molecule has 1 aromatic carbocycles. The van der Waals surface area contributed by atoms with Crippen LogP contribution in [0.2, 0.25) is 0 Å². The Hall–Kier alpha value is -1.88. The van der Waals surface area contributed by atoms with Gasteiger partial charge in [0.2, 0.25) is 0 Å². The van der Waals surface area contributed by atoms with E-state index in [1.54, 1.807) is 6.20 Å². The van der Waals surface area contributed by atoms with Crippen LogP contribution >= 0.6 is 0 Å². The molecule has 1 aliphatic heterocycles. The Balaban J connectivity index is 1.61. The quantitative estimate of drug-likeness (QED) is 0.895. The van der Waals surface area contributed by atoms with Crippen molar-refractivity contribution in [1.29, 1.82) is 0 Å². The minimum Gasteiger partial charge on any atom is -0.380 e. The molecule has 122 valence electrons. The molecule has 0 spiro atoms. The number of anilines is 1. The number of carbonyl (C=O) groups excluding carboxylic acids is 1. The molecule has 1 aliphatic carbocycles. The maximum atomic E-state index is 12.5. The number of hydrogen-bond donors (Lipinski definition) is 2. The molecule has 23 heavy (non-hydrogen) atoms. The zero-order valence-corrected chi connectivity index (χ0v) is 14.0. The van der Waals surface area contributed by atoms with Gasteiger partial charge in [0.05, 0.1) is 11.7 Å². The highest BCUT2D eigenvalue weighted by Crippen LogP contribution is 2.34. The lowest BCUT2D eigenvalue weighted by Gasteiger charge is -2.19. The molecule has 2 bridgehead atoms. The van der Waals surface area contributed by atoms with E-state index in [-0.39, 0.29) is 5.91 Å². The molecular formula is C18H24N4O. The normalized spacial score (nSPS) is 26.8. The number of fused-ring (bicyclic) bond motifs is 3. The first-order valence-electron chi connectivity index (χ1n) is 8.46. The molecular weight excluding hydrogens is 288 g/mol. The largest absolute Gasteiger partial charge is 0.380 e. The predicted octanol–water partition coefficient (Wildman–Crippen LogP) is 2.88. The van der Waals surface area contributed by atoms with E-state index in [2.05, 4.69) is 27.9 Å². The van der Waals surface area contributed by atoms with Crippen molar-refractivity contribution in [3.8, 4) is 0 Å². The monoisotopic (exact) mass is 312 g/mol. The number of aromatic nitrogens is 2. The smallest absolute Gasteiger partial charge is 0.252 e. The molecule has 0 radical (unpaired) electrons. The molecule has 4 rings (SSSR count). The predicted molar refractivity (Wildman–Crippen MR) is 91.7 cm³/mol. The SMILES string of the molecule is CC(C)(C)C(=O)n1ncc2cc(N[C@@H]3[C@@H]4CC[C@H]3NC4)ccc21. The van der Waals surface area contributed by atoms with E-state index in [1.807, 2.05) is 26.8 Å². The van der Waals surface area contributed by atoms with Gasteiger partial charge in [-0.3, -0.25) is 4.79 Å². The lowest BCUT2D eigenvalue weighted by atomic mass is 9.96. The van der Waals surface area contributed by atoms with Gasteiger partial charge in [-0.2, -0.15) is 9.78 Å². The third-order valence-electron chi connectivity index (χ3n) is 5.17. The van der Waals surface area contributed by atoms with Crippen LogP contribution in [0, 0.1) is 11.3 Å². The van der Waals surface area contributed by atoms with Crippen LogP contribution in [-0.2, 0) is 0 Å². The van der Waals surface area contributed by atoms with Crippen LogP contribution in [0.3, 0.4) is 0 Å². The summed E-state index contributed by atoms with van der Waals surface area (Å²) in [7, 11) is 0. The summed E-state index contributed by atoms with van der Waals surface area (Å²) in [6.07, 6.45) is 4.36. The van der Waals surface area contributed by atoms with Crippen molar-refractivity contribution in [2.24, 2.45) is 11.3 Å². The van der Waals surface area contributed by atoms with E-state index < -0.39 is 5.41 Å². The van der Waals surface area contributed by atoms with Crippen molar-refractivity contribution in [2.45, 2.75) is 45.7 Å². The summed E-state index contributed by atoms with van der Waals surface area (Å²) >= 11 is 0. The number of rotatable bonds is 2. The summed E-state index contributed by atoms with van der Waals surface area (Å²) in [6, 6.07) is 7.29. The number of hydrogen-bond acceptors (Lipinski definition) is 4. The molecule has 0 unspecified atom stereocenters. The van der Waals surface area contributed by atoms with Crippen molar-refractivity contribution in [1.82, 2.24) is 15.1 Å². The van der Waals surface area contributed by atoms with Gasteiger partial charge in [-0.15, -0.1) is 0 Å². The second-order valence-corrected chi connectivity index (χ2v) is 7.91. The molecule has 1 saturated carbocycles. The molecule has 1 aromatic heterocycles. The summed E-state index contributed by atoms with van der Waals surface area (Å²) in [5.74, 6) is 0.757. The average molecular weight is 312 g/mol. The van der Waals surface area contributed by atoms with E-state index in [0.29, 0.717) is 12.1 Å². The standard InChI is InChI=1S/C18H24N4O/c1-18(2,3)17(23)22-15-7-5-13(8-12(15)10-20-22)21-16-11-4-6-14(16)19-9-11/h5,7-8,10-11,14,16,19,21H,4,6,9H2,1-3H3/t11-,14-,16-/m1/s1. The Morgan fingerprint density at radius 3 is 2.78 bits per heavy atom. The third-order valence-corrected chi connectivity index (χ3v) is 5.17. The van der Waals surface area contributed by atoms with E-state index in [1.165, 1.54) is 17.5 Å². The lowest BCUT2D eigenvalue weighted by Crippen LogP contribution is -2.32. The summed E-state index contributed by atoms with van der Waals surface area (Å²) < 4.78 is 1.53. The molecule has 2 aliphatic rings. The van der Waals surface area contributed by atoms with Crippen molar-refractivity contribution >= 4 is 22.5 Å². The Labute approximate surface area is 136 Å². The second-order valence-electron chi connectivity index (χ2n) is 7.91. The molecule has 2 heterocycles. The first kappa shape index (κ1) is 14.7. The van der Waals surface area contributed by atoms with Crippen molar-refractivity contribution in [3.05, 3.63) is 24.4 Å². The van der Waals surface area contributed by atoms with E-state index in [9.17, 15) is 4.79 Å². The van der Waals surface area contributed by atoms with Gasteiger partial charge in [0.1, 0.15) is 0 Å². The fourth-order valence-electron chi connectivity index (χ4n) is 3.86. The average Bonchev–Trinajstić information content (AvgIpc) is 3.20. The molecule has 5 heteroatoms. The van der Waals surface area contributed by atoms with Crippen LogP contribution in [-0.4, -0.2) is 34.3 Å². The molecule has 2 fully saturated rings. The fourth-order valence-corrected chi connectivity index (χ4v) is 3.86. The van der Waals surface area contributed by atoms with E-state index >= 15 is 0 Å². The zero-order chi connectivity index (χ0) is 16.2. The van der Waals surface area contributed by atoms with E-state index in [0.717, 1.165) is 29.1 Å². The van der Waals surface area contributed by atoms with Gasteiger partial charge >= 0.3 is 0 Å². The number of carbonyl (C=O) groups is 1. The maximum Gasteiger partial charge on any atom is 0.252 e. The molecule has 2 aromatic rings. The zero-order valence-electron chi connectivity index (χ0n) is 14.0. The Kier molecular flexibility index (Phi) is 3.23. The molecule has 0 amide bonds. The van der Waals surface area contributed by atoms with Gasteiger partial charge in [0, 0.05) is 35.1 Å². The van der Waals surface area contributed by atoms with Gasteiger partial charge in [-0.25, -0.2) is 0 Å². The van der Waals surface area contributed by atoms with Crippen LogP contribution in [0.15, 0.2) is 24.4 Å². The number of nitrogens with zero attached hydrogens (tertiary/aromatic N) is 2. The maximum absolute atomic E-state index is 12.5. The highest BCUT2D eigenvalue weighted by Gasteiger charge is 2.41. The topological polar surface area (TPSA) is 59.0 Å². The Morgan fingerprint density at radius 2 is 2.17 bits per heavy atom. The molecule has 5 nitrogen and oxygen atoms in total. The van der Waals surface area contributed by atoms with Gasteiger partial charge < -0.3 is 10.6 Å². The minimum atomic E-state index is -0.440. The van der Waals surface area contributed by atoms with Crippen LogP contribution in [0.4, 0.5) is 5.69 Å².